The van der Waals surface area contributed by atoms with Crippen LogP contribution >= 0.6 is 0 Å². The lowest BCUT2D eigenvalue weighted by Gasteiger charge is -2.48. The molecule has 19 nitrogen and oxygen atoms in total. The molecule has 0 aromatic heterocycles. The molecule has 0 radical (unpaired) electrons. The molecule has 0 spiro atoms. The lowest BCUT2D eigenvalue weighted by Crippen LogP contribution is -2.66. The molecule has 17 atom stereocenters. The summed E-state index contributed by atoms with van der Waals surface area (Å²) in [7, 11) is 0. The van der Waals surface area contributed by atoms with Gasteiger partial charge in [0.1, 0.15) is 73.2 Å². The first-order valence-electron chi connectivity index (χ1n) is 24.3. The lowest BCUT2D eigenvalue weighted by atomic mass is 9.96. The molecule has 0 aromatic rings. The summed E-state index contributed by atoms with van der Waals surface area (Å²) in [6.45, 7) is 1.62. The van der Waals surface area contributed by atoms with Gasteiger partial charge in [0.2, 0.25) is 5.91 Å². The molecule has 3 rings (SSSR count). The standard InChI is InChI=1S/C45H85NO18/c1-3-5-7-9-10-11-12-13-14-15-16-17-18-19-21-23-33(51)46-28(29(50)22-20-8-6-4-2)27-59-43-39(57)36(54)41(31(25-48)61-43)64-45-40(58)37(55)42(32(26-49)62-45)63-44-38(56)35(53)34(52)30(24-47)60-44/h28-32,34-45,47-50,52-58H,3-27H2,1-2H3,(H,46,51). The summed E-state index contributed by atoms with van der Waals surface area (Å²) in [6.07, 6.45) is -4.07. The molecule has 3 fully saturated rings. The van der Waals surface area contributed by atoms with Crippen molar-refractivity contribution in [2.75, 3.05) is 26.4 Å². The summed E-state index contributed by atoms with van der Waals surface area (Å²) in [6, 6.07) is -0.874. The lowest BCUT2D eigenvalue weighted by molar-refractivity contribution is -0.379. The second kappa shape index (κ2) is 31.8. The smallest absolute Gasteiger partial charge is 0.220 e. The Morgan fingerprint density at radius 3 is 1.36 bits per heavy atom. The fourth-order valence-corrected chi connectivity index (χ4v) is 8.55. The Morgan fingerprint density at radius 1 is 0.500 bits per heavy atom. The van der Waals surface area contributed by atoms with Crippen molar-refractivity contribution in [3.8, 4) is 0 Å². The van der Waals surface area contributed by atoms with E-state index < -0.39 is 124 Å². The number of carbonyl (C=O) groups excluding carboxylic acids is 1. The van der Waals surface area contributed by atoms with Crippen molar-refractivity contribution in [3.63, 3.8) is 0 Å². The first-order chi connectivity index (χ1) is 30.8. The maximum atomic E-state index is 13.1. The third kappa shape index (κ3) is 18.4. The molecule has 3 aliphatic heterocycles. The van der Waals surface area contributed by atoms with Gasteiger partial charge in [0.15, 0.2) is 18.9 Å². The zero-order valence-corrected chi connectivity index (χ0v) is 38.3. The number of aliphatic hydroxyl groups is 11. The van der Waals surface area contributed by atoms with Gasteiger partial charge in [0, 0.05) is 6.42 Å². The predicted octanol–water partition coefficient (Wildman–Crippen LogP) is 0.529. The maximum Gasteiger partial charge on any atom is 0.220 e. The number of aliphatic hydroxyl groups excluding tert-OH is 11. The van der Waals surface area contributed by atoms with E-state index >= 15 is 0 Å². The molecule has 0 saturated carbocycles. The molecule has 3 saturated heterocycles. The van der Waals surface area contributed by atoms with E-state index in [9.17, 15) is 61.0 Å². The van der Waals surface area contributed by atoms with Crippen LogP contribution in [0.25, 0.3) is 0 Å². The number of nitrogens with one attached hydrogen (secondary N) is 1. The van der Waals surface area contributed by atoms with Crippen molar-refractivity contribution in [3.05, 3.63) is 0 Å². The first kappa shape index (κ1) is 57.1. The van der Waals surface area contributed by atoms with Gasteiger partial charge in [0.05, 0.1) is 38.6 Å². The zero-order chi connectivity index (χ0) is 47.0. The van der Waals surface area contributed by atoms with E-state index in [0.29, 0.717) is 12.8 Å². The summed E-state index contributed by atoms with van der Waals surface area (Å²) < 4.78 is 33.9. The molecule has 0 aliphatic carbocycles. The van der Waals surface area contributed by atoms with Crippen molar-refractivity contribution in [1.29, 1.82) is 0 Å². The van der Waals surface area contributed by atoms with Gasteiger partial charge in [0.25, 0.3) is 0 Å². The van der Waals surface area contributed by atoms with Gasteiger partial charge in [-0.15, -0.1) is 0 Å². The second-order valence-electron chi connectivity index (χ2n) is 17.9. The number of amides is 1. The van der Waals surface area contributed by atoms with E-state index in [1.54, 1.807) is 0 Å². The van der Waals surface area contributed by atoms with Gasteiger partial charge < -0.3 is 89.9 Å². The van der Waals surface area contributed by atoms with Gasteiger partial charge in [-0.25, -0.2) is 0 Å². The van der Waals surface area contributed by atoms with Gasteiger partial charge in [-0.2, -0.15) is 0 Å². The minimum absolute atomic E-state index is 0.252. The van der Waals surface area contributed by atoms with Crippen LogP contribution < -0.4 is 5.32 Å². The van der Waals surface area contributed by atoms with E-state index in [0.717, 1.165) is 44.9 Å². The molecule has 19 heteroatoms. The van der Waals surface area contributed by atoms with Crippen molar-refractivity contribution < 1.29 is 89.4 Å². The van der Waals surface area contributed by atoms with E-state index in [4.69, 9.17) is 28.4 Å². The fourth-order valence-electron chi connectivity index (χ4n) is 8.55. The van der Waals surface area contributed by atoms with Crippen LogP contribution in [0.2, 0.25) is 0 Å². The second-order valence-corrected chi connectivity index (χ2v) is 17.9. The monoisotopic (exact) mass is 928 g/mol. The van der Waals surface area contributed by atoms with Crippen molar-refractivity contribution in [1.82, 2.24) is 5.32 Å². The van der Waals surface area contributed by atoms with E-state index in [1.807, 2.05) is 0 Å². The van der Waals surface area contributed by atoms with Gasteiger partial charge in [-0.1, -0.05) is 129 Å². The average molecular weight is 928 g/mol. The van der Waals surface area contributed by atoms with E-state index in [-0.39, 0.29) is 18.9 Å². The third-order valence-electron chi connectivity index (χ3n) is 12.7. The Hall–Kier alpha value is -1.21. The van der Waals surface area contributed by atoms with Crippen molar-refractivity contribution >= 4 is 5.91 Å². The fraction of sp³-hybridized carbons (Fsp3) is 0.978. The first-order valence-corrected chi connectivity index (χ1v) is 24.3. The minimum Gasteiger partial charge on any atom is -0.394 e. The Balaban J connectivity index is 1.50. The van der Waals surface area contributed by atoms with Gasteiger partial charge in [-0.05, 0) is 12.8 Å². The molecule has 0 aromatic carbocycles. The summed E-state index contributed by atoms with van der Waals surface area (Å²) >= 11 is 0. The Kier molecular flexibility index (Phi) is 28.3. The normalized spacial score (nSPS) is 34.4. The highest BCUT2D eigenvalue weighted by molar-refractivity contribution is 5.76. The van der Waals surface area contributed by atoms with Crippen molar-refractivity contribution in [2.45, 2.75) is 253 Å². The molecule has 12 N–H and O–H groups in total. The molecule has 0 bridgehead atoms. The molecular weight excluding hydrogens is 842 g/mol. The van der Waals surface area contributed by atoms with Gasteiger partial charge >= 0.3 is 0 Å². The van der Waals surface area contributed by atoms with Crippen LogP contribution in [0.15, 0.2) is 0 Å². The SMILES string of the molecule is CCCCCCCCCCCCCCCCCC(=O)NC(COC1OC(CO)C(OC2OC(CO)C(OC3OC(CO)C(O)C(O)C3O)C(O)C2O)C(O)C1O)C(O)CCCCCC. The number of unbranched alkanes of at least 4 members (excludes halogenated alkanes) is 17. The maximum absolute atomic E-state index is 13.1. The molecule has 17 unspecified atom stereocenters. The summed E-state index contributed by atoms with van der Waals surface area (Å²) in [4.78, 5) is 13.1. The van der Waals surface area contributed by atoms with Crippen LogP contribution in [0, 0.1) is 0 Å². The molecule has 1 amide bonds. The molecule has 378 valence electrons. The summed E-state index contributed by atoms with van der Waals surface area (Å²) in [5.74, 6) is -0.252. The number of ether oxygens (including phenoxy) is 6. The molecule has 3 aliphatic rings. The molecule has 3 heterocycles. The van der Waals surface area contributed by atoms with E-state index in [1.165, 1.54) is 70.6 Å². The zero-order valence-electron chi connectivity index (χ0n) is 38.3. The largest absolute Gasteiger partial charge is 0.394 e. The average Bonchev–Trinajstić information content (AvgIpc) is 3.29. The number of carbonyl (C=O) groups is 1. The number of hydrogen-bond donors (Lipinski definition) is 12. The topological polar surface area (TPSA) is 307 Å². The molecule has 64 heavy (non-hydrogen) atoms. The van der Waals surface area contributed by atoms with Crippen LogP contribution in [0.4, 0.5) is 0 Å². The van der Waals surface area contributed by atoms with Crippen LogP contribution in [0.3, 0.4) is 0 Å². The quantitative estimate of drug-likeness (QED) is 0.0400. The Labute approximate surface area is 379 Å². The Morgan fingerprint density at radius 2 is 0.891 bits per heavy atom. The highest BCUT2D eigenvalue weighted by Crippen LogP contribution is 2.33. The summed E-state index contributed by atoms with van der Waals surface area (Å²) in [5.41, 5.74) is 0. The van der Waals surface area contributed by atoms with Crippen LogP contribution in [-0.2, 0) is 33.2 Å². The predicted molar refractivity (Wildman–Crippen MR) is 231 cm³/mol. The number of hydrogen-bond acceptors (Lipinski definition) is 18. The van der Waals surface area contributed by atoms with Crippen LogP contribution in [0.5, 0.6) is 0 Å². The van der Waals surface area contributed by atoms with Crippen LogP contribution in [0.1, 0.15) is 149 Å². The van der Waals surface area contributed by atoms with Crippen molar-refractivity contribution in [2.24, 2.45) is 0 Å². The van der Waals surface area contributed by atoms with Gasteiger partial charge in [-0.3, -0.25) is 4.79 Å². The highest BCUT2D eigenvalue weighted by atomic mass is 16.8. The summed E-state index contributed by atoms with van der Waals surface area (Å²) in [5, 5.41) is 119. The third-order valence-corrected chi connectivity index (χ3v) is 12.7. The van der Waals surface area contributed by atoms with E-state index in [2.05, 4.69) is 19.2 Å². The number of rotatable bonds is 33. The van der Waals surface area contributed by atoms with Crippen LogP contribution in [-0.4, -0.2) is 193 Å². The highest BCUT2D eigenvalue weighted by Gasteiger charge is 2.53. The minimum atomic E-state index is -1.96. The molecular formula is C45H85NO18. The Bertz CT molecular complexity index is 1200.